The minimum absolute atomic E-state index is 0.472. The Hall–Kier alpha value is -0.280. The van der Waals surface area contributed by atoms with E-state index in [-0.39, 0.29) is 0 Å². The molecule has 0 atom stereocenters. The molecule has 0 N–H and O–H groups in total. The van der Waals surface area contributed by atoms with Gasteiger partial charge in [-0.1, -0.05) is 0 Å². The molecule has 1 heterocycles. The van der Waals surface area contributed by atoms with Gasteiger partial charge in [-0.3, -0.25) is 0 Å². The van der Waals surface area contributed by atoms with Crippen molar-refractivity contribution in [1.82, 2.24) is 0 Å². The van der Waals surface area contributed by atoms with E-state index in [9.17, 15) is 0 Å². The summed E-state index contributed by atoms with van der Waals surface area (Å²) >= 11 is 0. The first kappa shape index (κ1) is 3.89. The van der Waals surface area contributed by atoms with E-state index in [1.54, 1.807) is 6.81 Å². The molecule has 0 bridgehead atoms. The Kier molecular flexibility index (Phi) is 1.30. The summed E-state index contributed by atoms with van der Waals surface area (Å²) < 4.78 is 0. The molecule has 6 heavy (non-hydrogen) atoms. The topological polar surface area (TPSA) is 27.7 Å². The third kappa shape index (κ3) is 0.841. The summed E-state index contributed by atoms with van der Waals surface area (Å²) in [6, 6.07) is 0. The van der Waals surface area contributed by atoms with Gasteiger partial charge in [0.2, 0.25) is 0 Å². The third-order valence-corrected chi connectivity index (χ3v) is 0.403. The molecular formula is CH2B2O3. The average Bonchev–Trinajstić information content (AvgIpc) is 1.72. The molecule has 0 aromatic carbocycles. The maximum absolute atomic E-state index is 4.26. The van der Waals surface area contributed by atoms with Gasteiger partial charge in [-0.15, -0.1) is 0 Å². The molecule has 5 heteroatoms. The molecule has 0 amide bonds. The van der Waals surface area contributed by atoms with Crippen molar-refractivity contribution in [2.75, 3.05) is 0 Å². The summed E-state index contributed by atoms with van der Waals surface area (Å²) in [6.45, 7) is 1.70. The molecule has 0 aromatic heterocycles. The molecule has 0 spiro atoms. The van der Waals surface area contributed by atoms with Crippen molar-refractivity contribution in [3.8, 4) is 0 Å². The number of hydrogen-bond acceptors (Lipinski definition) is 3. The second kappa shape index (κ2) is 2.00. The summed E-state index contributed by atoms with van der Waals surface area (Å²) in [7, 11) is 0.472. The second-order valence-electron chi connectivity index (χ2n) is 0.821. The van der Waals surface area contributed by atoms with Gasteiger partial charge in [-0.05, 0) is 0 Å². The fourth-order valence-electron chi connectivity index (χ4n) is 0.196. The van der Waals surface area contributed by atoms with Crippen molar-refractivity contribution in [3.63, 3.8) is 0 Å². The Morgan fingerprint density at radius 3 is 2.83 bits per heavy atom. The fourth-order valence-corrected chi connectivity index (χ4v) is 0.196. The van der Waals surface area contributed by atoms with Gasteiger partial charge in [0.05, 0.1) is 0 Å². The van der Waals surface area contributed by atoms with Crippen LogP contribution in [0.4, 0.5) is 0 Å². The molecule has 0 fully saturated rings. The van der Waals surface area contributed by atoms with Crippen molar-refractivity contribution in [2.45, 2.75) is 0 Å². The molecule has 1 aliphatic rings. The Labute approximate surface area is 36.2 Å². The van der Waals surface area contributed by atoms with Gasteiger partial charge in [0.1, 0.15) is 0 Å². The van der Waals surface area contributed by atoms with E-state index in [1.807, 2.05) is 0 Å². The van der Waals surface area contributed by atoms with Crippen molar-refractivity contribution in [2.24, 2.45) is 0 Å². The summed E-state index contributed by atoms with van der Waals surface area (Å²) in [4.78, 5) is 8.43. The van der Waals surface area contributed by atoms with Crippen molar-refractivity contribution >= 4 is 20.3 Å². The van der Waals surface area contributed by atoms with E-state index in [4.69, 9.17) is 0 Å². The first-order valence-electron chi connectivity index (χ1n) is 1.60. The van der Waals surface area contributed by atoms with Gasteiger partial charge in [0.15, 0.2) is 0 Å². The van der Waals surface area contributed by atoms with E-state index in [0.717, 1.165) is 0 Å². The first-order valence-corrected chi connectivity index (χ1v) is 1.60. The zero-order valence-corrected chi connectivity index (χ0v) is 3.09. The molecule has 0 radical (unpaired) electrons. The number of rotatable bonds is 0. The molecule has 0 aromatic rings. The molecule has 0 saturated carbocycles. The van der Waals surface area contributed by atoms with Gasteiger partial charge in [-0.25, -0.2) is 0 Å². The summed E-state index contributed by atoms with van der Waals surface area (Å²) in [5.41, 5.74) is 0. The second-order valence-corrected chi connectivity index (χ2v) is 0.821. The van der Waals surface area contributed by atoms with Crippen LogP contribution in [0.1, 0.15) is 0 Å². The standard InChI is InChI=1S/CH2B2O3/c1-2-3-5-6-4-1/h1,3H. The fraction of sp³-hybridized carbons (Fsp3) is 0. The van der Waals surface area contributed by atoms with Gasteiger partial charge < -0.3 is 0 Å². The van der Waals surface area contributed by atoms with Gasteiger partial charge in [0.25, 0.3) is 0 Å². The van der Waals surface area contributed by atoms with Crippen LogP contribution in [0.2, 0.25) is 0 Å². The summed E-state index contributed by atoms with van der Waals surface area (Å²) in [6.07, 6.45) is 1.42. The normalized spacial score (nSPS) is 17.3. The minimum atomic E-state index is 0.472. The molecule has 1 rings (SSSR count). The van der Waals surface area contributed by atoms with Crippen LogP contribution >= 0.6 is 0 Å². The Bertz CT molecular complexity index is 53.8. The van der Waals surface area contributed by atoms with E-state index in [2.05, 4.69) is 14.7 Å². The Morgan fingerprint density at radius 1 is 1.67 bits per heavy atom. The van der Waals surface area contributed by atoms with E-state index < -0.39 is 0 Å². The quantitative estimate of drug-likeness (QED) is 0.267. The molecule has 0 aliphatic carbocycles. The monoisotopic (exact) mass is 84.0 g/mol. The van der Waals surface area contributed by atoms with E-state index in [0.29, 0.717) is 7.37 Å². The van der Waals surface area contributed by atoms with Crippen LogP contribution in [0, 0.1) is 0 Å². The molecular weight excluding hydrogens is 81.6 g/mol. The van der Waals surface area contributed by atoms with Gasteiger partial charge in [0, 0.05) is 0 Å². The summed E-state index contributed by atoms with van der Waals surface area (Å²) in [5.74, 6) is 0. The zero-order valence-electron chi connectivity index (χ0n) is 3.09. The van der Waals surface area contributed by atoms with Crippen LogP contribution in [-0.4, -0.2) is 20.3 Å². The Balaban J connectivity index is 2.26. The first-order chi connectivity index (χ1) is 3.00. The Morgan fingerprint density at radius 2 is 2.67 bits per heavy atom. The maximum atomic E-state index is 4.26. The van der Waals surface area contributed by atoms with Crippen LogP contribution in [0.15, 0.2) is 0 Å². The number of hydrogen-bond donors (Lipinski definition) is 0. The van der Waals surface area contributed by atoms with Crippen LogP contribution in [0.3, 0.4) is 0 Å². The summed E-state index contributed by atoms with van der Waals surface area (Å²) in [5, 5.41) is 3.98. The van der Waals surface area contributed by atoms with Gasteiger partial charge in [-0.2, -0.15) is 0 Å². The zero-order chi connectivity index (χ0) is 4.24. The predicted molar refractivity (Wildman–Crippen MR) is 22.2 cm³/mol. The van der Waals surface area contributed by atoms with Crippen LogP contribution in [0.5, 0.6) is 0 Å². The molecule has 0 saturated heterocycles. The molecule has 1 aliphatic heterocycles. The average molecular weight is 83.6 g/mol. The van der Waals surface area contributed by atoms with Crippen molar-refractivity contribution in [1.29, 1.82) is 0 Å². The SMILES string of the molecule is B1=COOOB1. The van der Waals surface area contributed by atoms with Crippen molar-refractivity contribution < 1.29 is 14.7 Å². The predicted octanol–water partition coefficient (Wildman–Crippen LogP) is -1.39. The third-order valence-electron chi connectivity index (χ3n) is 0.403. The van der Waals surface area contributed by atoms with Crippen LogP contribution in [-0.2, 0) is 14.7 Å². The molecule has 30 valence electrons. The molecule has 0 unspecified atom stereocenters. The van der Waals surface area contributed by atoms with Gasteiger partial charge >= 0.3 is 35.1 Å². The van der Waals surface area contributed by atoms with E-state index in [1.165, 1.54) is 6.15 Å². The van der Waals surface area contributed by atoms with Crippen LogP contribution < -0.4 is 0 Å². The van der Waals surface area contributed by atoms with Crippen molar-refractivity contribution in [3.05, 3.63) is 0 Å². The van der Waals surface area contributed by atoms with E-state index >= 15 is 0 Å². The van der Waals surface area contributed by atoms with Crippen LogP contribution in [0.25, 0.3) is 0 Å². The molecule has 3 nitrogen and oxygen atoms in total.